The van der Waals surface area contributed by atoms with Crippen molar-refractivity contribution in [2.45, 2.75) is 30.6 Å². The van der Waals surface area contributed by atoms with Crippen molar-refractivity contribution in [3.8, 4) is 11.4 Å². The number of carbonyl (C=O) groups is 1. The molecule has 2 heterocycles. The monoisotopic (exact) mass is 305 g/mol. The van der Waals surface area contributed by atoms with Gasteiger partial charge in [0.25, 0.3) is 0 Å². The Balaban J connectivity index is 1.94. The van der Waals surface area contributed by atoms with Crippen molar-refractivity contribution in [2.24, 2.45) is 0 Å². The summed E-state index contributed by atoms with van der Waals surface area (Å²) in [6.45, 7) is 2.01. The molecule has 2 aromatic heterocycles. The number of thioether (sulfide) groups is 1. The molecule has 0 radical (unpaired) electrons. The summed E-state index contributed by atoms with van der Waals surface area (Å²) in [6, 6.07) is 1.86. The topological polar surface area (TPSA) is 78.1 Å². The molecular weight excluding hydrogens is 290 g/mol. The van der Waals surface area contributed by atoms with Gasteiger partial charge in [0.1, 0.15) is 0 Å². The van der Waals surface area contributed by atoms with Gasteiger partial charge in [-0.15, -0.1) is 11.8 Å². The zero-order chi connectivity index (χ0) is 14.8. The van der Waals surface area contributed by atoms with Gasteiger partial charge in [0, 0.05) is 22.6 Å². The van der Waals surface area contributed by atoms with Gasteiger partial charge in [0.05, 0.1) is 7.11 Å². The average Bonchev–Trinajstić information content (AvgIpc) is 3.24. The highest BCUT2D eigenvalue weighted by molar-refractivity contribution is 7.99. The molecule has 0 spiro atoms. The van der Waals surface area contributed by atoms with Crippen LogP contribution in [-0.2, 0) is 4.74 Å². The second kappa shape index (κ2) is 5.85. The van der Waals surface area contributed by atoms with E-state index in [1.807, 2.05) is 13.0 Å². The molecule has 0 atom stereocenters. The number of pyridine rings is 1. The minimum absolute atomic E-state index is 0.319. The summed E-state index contributed by atoms with van der Waals surface area (Å²) in [5, 5.41) is 3.99. The summed E-state index contributed by atoms with van der Waals surface area (Å²) >= 11 is 1.53. The van der Waals surface area contributed by atoms with Gasteiger partial charge in [0.2, 0.25) is 11.7 Å². The van der Waals surface area contributed by atoms with E-state index in [2.05, 4.69) is 15.1 Å². The number of hydrogen-bond acceptors (Lipinski definition) is 7. The van der Waals surface area contributed by atoms with E-state index >= 15 is 0 Å². The largest absolute Gasteiger partial charge is 0.464 e. The highest BCUT2D eigenvalue weighted by Crippen LogP contribution is 2.39. The molecule has 21 heavy (non-hydrogen) atoms. The van der Waals surface area contributed by atoms with Gasteiger partial charge >= 0.3 is 5.97 Å². The van der Waals surface area contributed by atoms with Crippen molar-refractivity contribution in [3.05, 3.63) is 23.8 Å². The van der Waals surface area contributed by atoms with E-state index in [0.717, 1.165) is 29.1 Å². The Labute approximate surface area is 126 Å². The van der Waals surface area contributed by atoms with Crippen LogP contribution < -0.4 is 0 Å². The molecule has 0 aliphatic heterocycles. The highest BCUT2D eigenvalue weighted by atomic mass is 32.2. The van der Waals surface area contributed by atoms with Crippen molar-refractivity contribution in [1.82, 2.24) is 15.1 Å². The van der Waals surface area contributed by atoms with Gasteiger partial charge in [-0.3, -0.25) is 0 Å². The fraction of sp³-hybridized carbons (Fsp3) is 0.429. The van der Waals surface area contributed by atoms with E-state index in [1.165, 1.54) is 18.9 Å². The molecule has 3 rings (SSSR count). The maximum Gasteiger partial charge on any atom is 0.357 e. The van der Waals surface area contributed by atoms with E-state index in [-0.39, 0.29) is 0 Å². The molecule has 1 aliphatic rings. The van der Waals surface area contributed by atoms with Crippen LogP contribution in [0.2, 0.25) is 0 Å². The van der Waals surface area contributed by atoms with Crippen LogP contribution in [0.5, 0.6) is 0 Å². The normalized spacial score (nSPS) is 14.2. The van der Waals surface area contributed by atoms with Crippen LogP contribution in [0, 0.1) is 0 Å². The predicted molar refractivity (Wildman–Crippen MR) is 77.2 cm³/mol. The summed E-state index contributed by atoms with van der Waals surface area (Å²) in [5.74, 6) is 2.00. The molecule has 2 aromatic rings. The lowest BCUT2D eigenvalue weighted by molar-refractivity contribution is 0.0589. The Morgan fingerprint density at radius 2 is 2.33 bits per heavy atom. The number of carbonyl (C=O) groups excluding carboxylic acids is 1. The molecule has 0 amide bonds. The van der Waals surface area contributed by atoms with Crippen LogP contribution in [0.25, 0.3) is 11.4 Å². The molecule has 110 valence electrons. The number of nitrogens with zero attached hydrogens (tertiary/aromatic N) is 3. The number of esters is 1. The highest BCUT2D eigenvalue weighted by Gasteiger charge is 2.30. The van der Waals surface area contributed by atoms with Crippen molar-refractivity contribution >= 4 is 17.7 Å². The van der Waals surface area contributed by atoms with E-state index in [4.69, 9.17) is 9.26 Å². The Morgan fingerprint density at radius 3 is 3.00 bits per heavy atom. The number of aromatic nitrogens is 3. The summed E-state index contributed by atoms with van der Waals surface area (Å²) in [6.07, 6.45) is 3.80. The number of ether oxygens (including phenoxy) is 1. The Bertz CT molecular complexity index is 667. The van der Waals surface area contributed by atoms with Crippen LogP contribution in [0.1, 0.15) is 42.1 Å². The third-order valence-corrected chi connectivity index (χ3v) is 4.07. The summed E-state index contributed by atoms with van der Waals surface area (Å²) < 4.78 is 10.0. The van der Waals surface area contributed by atoms with Gasteiger partial charge in [-0.05, 0) is 24.7 Å². The summed E-state index contributed by atoms with van der Waals surface area (Å²) in [4.78, 5) is 21.1. The number of hydrogen-bond donors (Lipinski definition) is 0. The van der Waals surface area contributed by atoms with Crippen molar-refractivity contribution < 1.29 is 14.1 Å². The van der Waals surface area contributed by atoms with Crippen molar-refractivity contribution in [2.75, 3.05) is 12.9 Å². The summed E-state index contributed by atoms with van der Waals surface area (Å²) in [7, 11) is 1.35. The van der Waals surface area contributed by atoms with Crippen LogP contribution in [0.3, 0.4) is 0 Å². The smallest absolute Gasteiger partial charge is 0.357 e. The number of rotatable bonds is 5. The van der Waals surface area contributed by atoms with E-state index in [0.29, 0.717) is 23.3 Å². The molecule has 7 heteroatoms. The maximum atomic E-state index is 11.7. The molecule has 1 fully saturated rings. The first-order chi connectivity index (χ1) is 10.2. The van der Waals surface area contributed by atoms with Gasteiger partial charge in [0.15, 0.2) is 5.69 Å². The molecule has 6 nitrogen and oxygen atoms in total. The second-order valence-corrected chi connectivity index (χ2v) is 6.03. The Morgan fingerprint density at radius 1 is 1.52 bits per heavy atom. The first-order valence-corrected chi connectivity index (χ1v) is 7.76. The lowest BCUT2D eigenvalue weighted by atomic mass is 10.2. The number of methoxy groups -OCH3 is 1. The predicted octanol–water partition coefficient (Wildman–Crippen LogP) is 2.91. The van der Waals surface area contributed by atoms with Gasteiger partial charge < -0.3 is 9.26 Å². The summed E-state index contributed by atoms with van der Waals surface area (Å²) in [5.41, 5.74) is 1.06. The third kappa shape index (κ3) is 2.92. The third-order valence-electron chi connectivity index (χ3n) is 3.16. The van der Waals surface area contributed by atoms with Crippen LogP contribution in [-0.4, -0.2) is 34.0 Å². The SMILES string of the molecule is CCSc1cc(-c2noc(C3CC3)n2)cnc1C(=O)OC. The molecule has 0 N–H and O–H groups in total. The Kier molecular flexibility index (Phi) is 3.92. The second-order valence-electron chi connectivity index (χ2n) is 4.73. The van der Waals surface area contributed by atoms with Gasteiger partial charge in [-0.25, -0.2) is 9.78 Å². The quantitative estimate of drug-likeness (QED) is 0.620. The molecule has 0 bridgehead atoms. The van der Waals surface area contributed by atoms with Crippen molar-refractivity contribution in [1.29, 1.82) is 0 Å². The van der Waals surface area contributed by atoms with E-state index in [9.17, 15) is 4.79 Å². The standard InChI is InChI=1S/C14H15N3O3S/c1-3-21-10-6-9(7-15-11(10)14(18)19-2)12-16-13(20-17-12)8-4-5-8/h6-8H,3-5H2,1-2H3. The maximum absolute atomic E-state index is 11.7. The van der Waals surface area contributed by atoms with Crippen LogP contribution in [0.15, 0.2) is 21.7 Å². The molecule has 0 aromatic carbocycles. The van der Waals surface area contributed by atoms with E-state index in [1.54, 1.807) is 6.20 Å². The first-order valence-electron chi connectivity index (χ1n) is 6.78. The average molecular weight is 305 g/mol. The lowest BCUT2D eigenvalue weighted by Crippen LogP contribution is -2.06. The van der Waals surface area contributed by atoms with Gasteiger partial charge in [-0.1, -0.05) is 12.1 Å². The minimum atomic E-state index is -0.440. The van der Waals surface area contributed by atoms with Gasteiger partial charge in [-0.2, -0.15) is 4.98 Å². The lowest BCUT2D eigenvalue weighted by Gasteiger charge is -2.06. The molecule has 1 aliphatic carbocycles. The van der Waals surface area contributed by atoms with Crippen LogP contribution >= 0.6 is 11.8 Å². The Hall–Kier alpha value is -1.89. The van der Waals surface area contributed by atoms with E-state index < -0.39 is 5.97 Å². The molecular formula is C14H15N3O3S. The fourth-order valence-electron chi connectivity index (χ4n) is 1.93. The zero-order valence-corrected chi connectivity index (χ0v) is 12.6. The first kappa shape index (κ1) is 14.1. The molecule has 0 unspecified atom stereocenters. The van der Waals surface area contributed by atoms with Crippen molar-refractivity contribution in [3.63, 3.8) is 0 Å². The molecule has 1 saturated carbocycles. The minimum Gasteiger partial charge on any atom is -0.464 e. The zero-order valence-electron chi connectivity index (χ0n) is 11.8. The van der Waals surface area contributed by atoms with Crippen LogP contribution in [0.4, 0.5) is 0 Å². The molecule has 0 saturated heterocycles. The fourth-order valence-corrected chi connectivity index (χ4v) is 2.72.